The number of hydrogen-bond acceptors (Lipinski definition) is 4. The molecule has 6 heteroatoms. The lowest BCUT2D eigenvalue weighted by Crippen LogP contribution is -2.14. The van der Waals surface area contributed by atoms with Crippen LogP contribution < -0.4 is 16.0 Å². The molecule has 0 aliphatic heterocycles. The second-order valence-electron chi connectivity index (χ2n) is 4.68. The predicted octanol–water partition coefficient (Wildman–Crippen LogP) is 1.16. The Morgan fingerprint density at radius 1 is 1.45 bits per heavy atom. The van der Waals surface area contributed by atoms with Crippen molar-refractivity contribution in [1.29, 1.82) is 0 Å². The summed E-state index contributed by atoms with van der Waals surface area (Å²) < 4.78 is 1.80. The maximum absolute atomic E-state index is 12.1. The maximum Gasteiger partial charge on any atom is 0.275 e. The zero-order chi connectivity index (χ0) is 14.5. The third-order valence-corrected chi connectivity index (χ3v) is 2.87. The topological polar surface area (TPSA) is 76.2 Å². The number of anilines is 2. The predicted molar refractivity (Wildman–Crippen MR) is 80.0 cm³/mol. The normalized spacial score (nSPS) is 10.3. The van der Waals surface area contributed by atoms with Gasteiger partial charge in [-0.05, 0) is 18.2 Å². The molecule has 0 unspecified atom stereocenters. The lowest BCUT2D eigenvalue weighted by Gasteiger charge is -2.13. The van der Waals surface area contributed by atoms with E-state index in [0.29, 0.717) is 18.8 Å². The zero-order valence-corrected chi connectivity index (χ0v) is 11.7. The largest absolute Gasteiger partial charge is 0.378 e. The highest BCUT2D eigenvalue weighted by atomic mass is 16.1. The first-order chi connectivity index (χ1) is 9.60. The molecule has 0 bridgehead atoms. The minimum atomic E-state index is -0.225. The third-order valence-electron chi connectivity index (χ3n) is 2.87. The molecule has 0 aliphatic carbocycles. The lowest BCUT2D eigenvalue weighted by atomic mass is 10.2. The van der Waals surface area contributed by atoms with Crippen LogP contribution in [0.5, 0.6) is 0 Å². The Hall–Kier alpha value is -2.34. The van der Waals surface area contributed by atoms with Gasteiger partial charge in [0, 0.05) is 44.8 Å². The third kappa shape index (κ3) is 3.36. The summed E-state index contributed by atoms with van der Waals surface area (Å²) in [6, 6.07) is 7.64. The van der Waals surface area contributed by atoms with Crippen LogP contribution in [0.25, 0.3) is 0 Å². The average molecular weight is 273 g/mol. The van der Waals surface area contributed by atoms with Gasteiger partial charge in [0.2, 0.25) is 0 Å². The van der Waals surface area contributed by atoms with Gasteiger partial charge in [0.05, 0.1) is 6.33 Å². The van der Waals surface area contributed by atoms with Crippen LogP contribution in [0.1, 0.15) is 10.5 Å². The Bertz CT molecular complexity index is 591. The molecule has 20 heavy (non-hydrogen) atoms. The van der Waals surface area contributed by atoms with Gasteiger partial charge in [-0.2, -0.15) is 0 Å². The Morgan fingerprint density at radius 2 is 2.25 bits per heavy atom. The summed E-state index contributed by atoms with van der Waals surface area (Å²) in [4.78, 5) is 18.1. The van der Waals surface area contributed by atoms with E-state index in [4.69, 9.17) is 5.73 Å². The number of carbonyl (C=O) groups is 1. The fourth-order valence-electron chi connectivity index (χ4n) is 1.81. The first-order valence-corrected chi connectivity index (χ1v) is 6.40. The Kier molecular flexibility index (Phi) is 4.37. The maximum atomic E-state index is 12.1. The van der Waals surface area contributed by atoms with Crippen molar-refractivity contribution in [3.8, 4) is 0 Å². The summed E-state index contributed by atoms with van der Waals surface area (Å²) in [6.45, 7) is 1.17. The molecule has 0 saturated carbocycles. The Labute approximate surface area is 118 Å². The first-order valence-electron chi connectivity index (χ1n) is 6.40. The molecule has 0 atom stereocenters. The molecule has 3 N–H and O–H groups in total. The van der Waals surface area contributed by atoms with E-state index in [2.05, 4.69) is 10.3 Å². The van der Waals surface area contributed by atoms with E-state index in [1.807, 2.05) is 43.3 Å². The molecular formula is C14H19N5O. The number of aromatic nitrogens is 2. The number of hydrogen-bond donors (Lipinski definition) is 2. The van der Waals surface area contributed by atoms with Gasteiger partial charge < -0.3 is 20.5 Å². The van der Waals surface area contributed by atoms with E-state index < -0.39 is 0 Å². The summed E-state index contributed by atoms with van der Waals surface area (Å²) in [6.07, 6.45) is 3.30. The molecule has 0 saturated heterocycles. The van der Waals surface area contributed by atoms with Gasteiger partial charge in [-0.15, -0.1) is 0 Å². The fourth-order valence-corrected chi connectivity index (χ4v) is 1.81. The highest BCUT2D eigenvalue weighted by molar-refractivity contribution is 6.02. The van der Waals surface area contributed by atoms with Crippen LogP contribution in [0.4, 0.5) is 11.4 Å². The van der Waals surface area contributed by atoms with Crippen molar-refractivity contribution in [2.45, 2.75) is 6.54 Å². The van der Waals surface area contributed by atoms with Crippen LogP contribution >= 0.6 is 0 Å². The molecule has 0 spiro atoms. The summed E-state index contributed by atoms with van der Waals surface area (Å²) in [5.41, 5.74) is 7.61. The van der Waals surface area contributed by atoms with E-state index in [9.17, 15) is 4.79 Å². The molecule has 1 heterocycles. The van der Waals surface area contributed by atoms with Crippen molar-refractivity contribution in [2.75, 3.05) is 30.9 Å². The summed E-state index contributed by atoms with van der Waals surface area (Å²) in [5.74, 6) is -0.225. The van der Waals surface area contributed by atoms with E-state index in [1.54, 1.807) is 17.1 Å². The minimum Gasteiger partial charge on any atom is -0.378 e. The average Bonchev–Trinajstić information content (AvgIpc) is 2.88. The van der Waals surface area contributed by atoms with Crippen molar-refractivity contribution < 1.29 is 4.79 Å². The van der Waals surface area contributed by atoms with Gasteiger partial charge in [0.25, 0.3) is 5.91 Å². The molecule has 1 amide bonds. The van der Waals surface area contributed by atoms with Gasteiger partial charge in [0.15, 0.2) is 0 Å². The smallest absolute Gasteiger partial charge is 0.275 e. The molecule has 6 nitrogen and oxygen atoms in total. The number of carbonyl (C=O) groups excluding carboxylic acids is 1. The second kappa shape index (κ2) is 6.21. The van der Waals surface area contributed by atoms with Crippen molar-refractivity contribution in [2.24, 2.45) is 5.73 Å². The van der Waals surface area contributed by atoms with E-state index >= 15 is 0 Å². The molecule has 0 fully saturated rings. The Morgan fingerprint density at radius 3 is 2.95 bits per heavy atom. The van der Waals surface area contributed by atoms with Crippen LogP contribution in [-0.2, 0) is 6.54 Å². The van der Waals surface area contributed by atoms with Crippen molar-refractivity contribution in [3.63, 3.8) is 0 Å². The lowest BCUT2D eigenvalue weighted by molar-refractivity contribution is 0.102. The van der Waals surface area contributed by atoms with Crippen LogP contribution in [0.3, 0.4) is 0 Å². The number of rotatable bonds is 5. The Balaban J connectivity index is 2.08. The van der Waals surface area contributed by atoms with Crippen LogP contribution in [0.2, 0.25) is 0 Å². The molecule has 0 aliphatic rings. The number of nitrogens with zero attached hydrogens (tertiary/aromatic N) is 3. The molecule has 106 valence electrons. The van der Waals surface area contributed by atoms with Gasteiger partial charge in [-0.3, -0.25) is 4.79 Å². The van der Waals surface area contributed by atoms with Gasteiger partial charge in [-0.1, -0.05) is 6.07 Å². The molecule has 2 aromatic rings. The number of amides is 1. The zero-order valence-electron chi connectivity index (χ0n) is 11.7. The van der Waals surface area contributed by atoms with Crippen LogP contribution in [0.15, 0.2) is 36.8 Å². The van der Waals surface area contributed by atoms with Crippen molar-refractivity contribution in [3.05, 3.63) is 42.5 Å². The molecule has 2 rings (SSSR count). The standard InChI is InChI=1S/C14H19N5O/c1-18(2)12-5-3-4-11(8-12)17-14(20)13-9-19(7-6-15)10-16-13/h3-5,8-10H,6-7,15H2,1-2H3,(H,17,20). The highest BCUT2D eigenvalue weighted by Crippen LogP contribution is 2.17. The van der Waals surface area contributed by atoms with Gasteiger partial charge in [-0.25, -0.2) is 4.98 Å². The number of nitrogens with one attached hydrogen (secondary N) is 1. The molecule has 1 aromatic heterocycles. The molecular weight excluding hydrogens is 254 g/mol. The van der Waals surface area contributed by atoms with Gasteiger partial charge >= 0.3 is 0 Å². The molecule has 0 radical (unpaired) electrons. The van der Waals surface area contributed by atoms with E-state index in [-0.39, 0.29) is 5.91 Å². The fraction of sp³-hybridized carbons (Fsp3) is 0.286. The van der Waals surface area contributed by atoms with E-state index in [0.717, 1.165) is 11.4 Å². The summed E-state index contributed by atoms with van der Waals surface area (Å²) >= 11 is 0. The first kappa shape index (κ1) is 14.1. The minimum absolute atomic E-state index is 0.225. The summed E-state index contributed by atoms with van der Waals surface area (Å²) in [5, 5.41) is 2.84. The van der Waals surface area contributed by atoms with Gasteiger partial charge in [0.1, 0.15) is 5.69 Å². The van der Waals surface area contributed by atoms with E-state index in [1.165, 1.54) is 0 Å². The SMILES string of the molecule is CN(C)c1cccc(NC(=O)c2cn(CCN)cn2)c1. The van der Waals surface area contributed by atoms with Crippen LogP contribution in [-0.4, -0.2) is 36.1 Å². The quantitative estimate of drug-likeness (QED) is 0.857. The second-order valence-corrected chi connectivity index (χ2v) is 4.68. The van der Waals surface area contributed by atoms with Crippen LogP contribution in [0, 0.1) is 0 Å². The monoisotopic (exact) mass is 273 g/mol. The van der Waals surface area contributed by atoms with Crippen molar-refractivity contribution in [1.82, 2.24) is 9.55 Å². The molecule has 1 aromatic carbocycles. The van der Waals surface area contributed by atoms with Crippen molar-refractivity contribution >= 4 is 17.3 Å². The summed E-state index contributed by atoms with van der Waals surface area (Å²) in [7, 11) is 3.91. The highest BCUT2D eigenvalue weighted by Gasteiger charge is 2.10. The number of imidazole rings is 1. The number of nitrogens with two attached hydrogens (primary N) is 1. The number of benzene rings is 1.